The van der Waals surface area contributed by atoms with Gasteiger partial charge in [0, 0.05) is 11.1 Å². The van der Waals surface area contributed by atoms with Gasteiger partial charge in [-0.1, -0.05) is 0 Å². The first-order valence-electron chi connectivity index (χ1n) is 9.95. The van der Waals surface area contributed by atoms with Gasteiger partial charge in [0.15, 0.2) is 0 Å². The number of hydrogen-bond donors (Lipinski definition) is 5. The van der Waals surface area contributed by atoms with Crippen LogP contribution in [0.4, 0.5) is 13.2 Å². The molecule has 33 heavy (non-hydrogen) atoms. The average molecular weight is 468 g/mol. The number of nitrogen functional groups attached to an aromatic ring is 2. The maximum atomic E-state index is 10.6. The molecule has 2 aromatic rings. The van der Waals surface area contributed by atoms with Crippen LogP contribution in [0.2, 0.25) is 0 Å². The van der Waals surface area contributed by atoms with Gasteiger partial charge in [0.1, 0.15) is 23.2 Å². The standard InChI is InChI=1S/C20H26N4O2.C2HF3O2/c21-19(22)15-5-9-17(10-6-15)25-13-3-1-2-4-14-26-18-11-7-16(8-12-18)20(23)24;3-2(4,5)1(6)7/h5-12H,1-4,13-14H2,(H3,21,22)(H3,23,24);(H,6,7). The number of alkyl halides is 3. The summed E-state index contributed by atoms with van der Waals surface area (Å²) in [5.74, 6) is -1.03. The number of carbonyl (C=O) groups is 1. The Morgan fingerprint density at radius 1 is 0.758 bits per heavy atom. The van der Waals surface area contributed by atoms with Crippen molar-refractivity contribution in [1.82, 2.24) is 0 Å². The van der Waals surface area contributed by atoms with Gasteiger partial charge in [-0.3, -0.25) is 10.8 Å². The Bertz CT molecular complexity index is 838. The first-order valence-corrected chi connectivity index (χ1v) is 9.95. The second-order valence-corrected chi connectivity index (χ2v) is 6.79. The average Bonchev–Trinajstić information content (AvgIpc) is 2.76. The molecule has 8 nitrogen and oxygen atoms in total. The highest BCUT2D eigenvalue weighted by Gasteiger charge is 2.38. The minimum atomic E-state index is -5.08. The minimum absolute atomic E-state index is 0.0635. The summed E-state index contributed by atoms with van der Waals surface area (Å²) in [6.45, 7) is 1.35. The molecule has 0 bridgehead atoms. The molecule has 7 N–H and O–H groups in total. The molecule has 0 radical (unpaired) electrons. The number of ether oxygens (including phenoxy) is 2. The van der Waals surface area contributed by atoms with E-state index >= 15 is 0 Å². The van der Waals surface area contributed by atoms with Gasteiger partial charge in [-0.05, 0) is 74.2 Å². The van der Waals surface area contributed by atoms with E-state index in [-0.39, 0.29) is 11.7 Å². The molecule has 2 aromatic carbocycles. The monoisotopic (exact) mass is 468 g/mol. The zero-order valence-corrected chi connectivity index (χ0v) is 17.8. The van der Waals surface area contributed by atoms with Crippen LogP contribution in [0.3, 0.4) is 0 Å². The summed E-state index contributed by atoms with van der Waals surface area (Å²) in [4.78, 5) is 8.90. The van der Waals surface area contributed by atoms with Crippen LogP contribution in [-0.2, 0) is 4.79 Å². The lowest BCUT2D eigenvalue weighted by Crippen LogP contribution is -2.21. The van der Waals surface area contributed by atoms with Crippen LogP contribution in [-0.4, -0.2) is 42.1 Å². The Hall–Kier alpha value is -3.76. The minimum Gasteiger partial charge on any atom is -0.494 e. The van der Waals surface area contributed by atoms with Crippen LogP contribution in [0.25, 0.3) is 0 Å². The predicted molar refractivity (Wildman–Crippen MR) is 118 cm³/mol. The first-order chi connectivity index (χ1) is 15.5. The van der Waals surface area contributed by atoms with E-state index in [1.165, 1.54) is 0 Å². The highest BCUT2D eigenvalue weighted by molar-refractivity contribution is 5.95. The van der Waals surface area contributed by atoms with Crippen molar-refractivity contribution in [2.75, 3.05) is 13.2 Å². The van der Waals surface area contributed by atoms with E-state index in [4.69, 9.17) is 41.7 Å². The molecule has 0 spiro atoms. The van der Waals surface area contributed by atoms with Crippen molar-refractivity contribution in [3.63, 3.8) is 0 Å². The Labute approximate surface area is 189 Å². The lowest BCUT2D eigenvalue weighted by molar-refractivity contribution is -0.192. The SMILES string of the molecule is N=C(N)c1ccc(OCCCCCCOc2ccc(C(=N)N)cc2)cc1.O=C(O)C(F)(F)F. The van der Waals surface area contributed by atoms with Crippen LogP contribution in [0, 0.1) is 10.8 Å². The van der Waals surface area contributed by atoms with E-state index < -0.39 is 12.1 Å². The van der Waals surface area contributed by atoms with Crippen molar-refractivity contribution in [3.8, 4) is 11.5 Å². The number of unbranched alkanes of at least 4 members (excludes halogenated alkanes) is 3. The summed E-state index contributed by atoms with van der Waals surface area (Å²) in [6.07, 6.45) is -0.945. The topological polar surface area (TPSA) is 156 Å². The number of rotatable bonds is 11. The molecule has 11 heteroatoms. The van der Waals surface area contributed by atoms with Crippen molar-refractivity contribution in [2.45, 2.75) is 31.9 Å². The molecule has 0 saturated heterocycles. The van der Waals surface area contributed by atoms with Crippen LogP contribution < -0.4 is 20.9 Å². The highest BCUT2D eigenvalue weighted by atomic mass is 19.4. The molecule has 0 heterocycles. The van der Waals surface area contributed by atoms with Crippen molar-refractivity contribution in [1.29, 1.82) is 10.8 Å². The Morgan fingerprint density at radius 3 is 1.30 bits per heavy atom. The molecule has 0 aliphatic heterocycles. The normalized spacial score (nSPS) is 10.5. The Balaban J connectivity index is 0.000000675. The molecule has 180 valence electrons. The third-order valence-corrected chi connectivity index (χ3v) is 4.15. The number of benzene rings is 2. The van der Waals surface area contributed by atoms with Gasteiger partial charge in [0.2, 0.25) is 0 Å². The largest absolute Gasteiger partial charge is 0.494 e. The fourth-order valence-electron chi connectivity index (χ4n) is 2.40. The summed E-state index contributed by atoms with van der Waals surface area (Å²) in [5.41, 5.74) is 12.2. The third kappa shape index (κ3) is 11.4. The molecule has 0 fully saturated rings. The zero-order valence-electron chi connectivity index (χ0n) is 17.8. The number of carboxylic acid groups (broad SMARTS) is 1. The van der Waals surface area contributed by atoms with Gasteiger partial charge >= 0.3 is 12.1 Å². The molecule has 2 rings (SSSR count). The Kier molecular flexibility index (Phi) is 11.2. The van der Waals surface area contributed by atoms with Crippen LogP contribution >= 0.6 is 0 Å². The predicted octanol–water partition coefficient (Wildman–Crippen LogP) is 3.91. The van der Waals surface area contributed by atoms with Crippen molar-refractivity contribution in [3.05, 3.63) is 59.7 Å². The molecule has 0 aromatic heterocycles. The fourth-order valence-corrected chi connectivity index (χ4v) is 2.40. The fraction of sp³-hybridized carbons (Fsp3) is 0.318. The van der Waals surface area contributed by atoms with Gasteiger partial charge in [0.25, 0.3) is 0 Å². The number of nitrogens with one attached hydrogen (secondary N) is 2. The second kappa shape index (κ2) is 13.6. The van der Waals surface area contributed by atoms with Crippen LogP contribution in [0.5, 0.6) is 11.5 Å². The second-order valence-electron chi connectivity index (χ2n) is 6.79. The number of amidine groups is 2. The maximum absolute atomic E-state index is 10.6. The third-order valence-electron chi connectivity index (χ3n) is 4.15. The van der Waals surface area contributed by atoms with E-state index in [1.807, 2.05) is 24.3 Å². The Morgan fingerprint density at radius 2 is 1.06 bits per heavy atom. The van der Waals surface area contributed by atoms with E-state index in [0.29, 0.717) is 24.3 Å². The molecule has 0 saturated carbocycles. The molecule has 0 aliphatic rings. The number of carboxylic acids is 1. The van der Waals surface area contributed by atoms with Gasteiger partial charge in [-0.2, -0.15) is 13.2 Å². The molecule has 0 amide bonds. The van der Waals surface area contributed by atoms with Crippen LogP contribution in [0.15, 0.2) is 48.5 Å². The van der Waals surface area contributed by atoms with Gasteiger partial charge in [-0.15, -0.1) is 0 Å². The van der Waals surface area contributed by atoms with Gasteiger partial charge in [-0.25, -0.2) is 4.79 Å². The van der Waals surface area contributed by atoms with Crippen molar-refractivity contribution >= 4 is 17.6 Å². The lowest BCUT2D eigenvalue weighted by atomic mass is 10.2. The van der Waals surface area contributed by atoms with Gasteiger partial charge < -0.3 is 26.0 Å². The molecule has 0 unspecified atom stereocenters. The van der Waals surface area contributed by atoms with E-state index in [0.717, 1.165) is 37.2 Å². The molecular weight excluding hydrogens is 441 g/mol. The molecular formula is C22H27F3N4O4. The molecule has 0 aliphatic carbocycles. The van der Waals surface area contributed by atoms with Crippen molar-refractivity contribution < 1.29 is 32.5 Å². The molecule has 0 atom stereocenters. The zero-order chi connectivity index (χ0) is 24.9. The van der Waals surface area contributed by atoms with E-state index in [2.05, 4.69) is 0 Å². The van der Waals surface area contributed by atoms with Gasteiger partial charge in [0.05, 0.1) is 13.2 Å². The summed E-state index contributed by atoms with van der Waals surface area (Å²) in [7, 11) is 0. The lowest BCUT2D eigenvalue weighted by Gasteiger charge is -2.08. The quantitative estimate of drug-likeness (QED) is 0.191. The number of hydrogen-bond acceptors (Lipinski definition) is 5. The summed E-state index contributed by atoms with van der Waals surface area (Å²) >= 11 is 0. The van der Waals surface area contributed by atoms with Crippen molar-refractivity contribution in [2.24, 2.45) is 11.5 Å². The smallest absolute Gasteiger partial charge is 0.490 e. The first kappa shape index (κ1) is 27.3. The summed E-state index contributed by atoms with van der Waals surface area (Å²) in [6, 6.07) is 14.5. The summed E-state index contributed by atoms with van der Waals surface area (Å²) < 4.78 is 43.1. The summed E-state index contributed by atoms with van der Waals surface area (Å²) in [5, 5.41) is 21.8. The van der Waals surface area contributed by atoms with E-state index in [1.54, 1.807) is 24.3 Å². The van der Waals surface area contributed by atoms with E-state index in [9.17, 15) is 13.2 Å². The van der Waals surface area contributed by atoms with Crippen LogP contribution in [0.1, 0.15) is 36.8 Å². The maximum Gasteiger partial charge on any atom is 0.490 e. The number of halogens is 3. The number of aliphatic carboxylic acids is 1. The highest BCUT2D eigenvalue weighted by Crippen LogP contribution is 2.15. The number of nitrogens with two attached hydrogens (primary N) is 2.